The third kappa shape index (κ3) is 5.06. The van der Waals surface area contributed by atoms with Gasteiger partial charge in [-0.2, -0.15) is 0 Å². The maximum Gasteiger partial charge on any atom is 0.255 e. The van der Waals surface area contributed by atoms with Crippen LogP contribution in [0.4, 0.5) is 8.78 Å². The Balaban J connectivity index is 0.00000289. The maximum atomic E-state index is 12.2. The third-order valence-electron chi connectivity index (χ3n) is 3.71. The van der Waals surface area contributed by atoms with Crippen molar-refractivity contribution in [2.24, 2.45) is 11.1 Å². The molecule has 0 atom stereocenters. The van der Waals surface area contributed by atoms with Crippen molar-refractivity contribution in [3.63, 3.8) is 0 Å². The number of rotatable bonds is 5. The van der Waals surface area contributed by atoms with Crippen LogP contribution in [0.5, 0.6) is 0 Å². The highest BCUT2D eigenvalue weighted by Crippen LogP contribution is 2.38. The fraction of sp³-hybridized carbons (Fsp3) is 0.917. The lowest BCUT2D eigenvalue weighted by Crippen LogP contribution is -2.40. The van der Waals surface area contributed by atoms with E-state index in [-0.39, 0.29) is 23.7 Å². The number of hydrogen-bond acceptors (Lipinski definition) is 2. The van der Waals surface area contributed by atoms with Crippen LogP contribution >= 0.6 is 12.4 Å². The zero-order valence-electron chi connectivity index (χ0n) is 10.8. The Labute approximate surface area is 113 Å². The molecule has 0 aromatic carbocycles. The molecule has 0 radical (unpaired) electrons. The van der Waals surface area contributed by atoms with Crippen molar-refractivity contribution in [1.29, 1.82) is 0 Å². The van der Waals surface area contributed by atoms with Gasteiger partial charge in [-0.15, -0.1) is 12.4 Å². The van der Waals surface area contributed by atoms with Crippen molar-refractivity contribution in [1.82, 2.24) is 4.90 Å². The molecular formula is C12H23ClF2N2O. The molecule has 0 bridgehead atoms. The minimum atomic E-state index is -2.47. The lowest BCUT2D eigenvalue weighted by atomic mass is 9.71. The van der Waals surface area contributed by atoms with Crippen molar-refractivity contribution >= 4 is 18.3 Å². The number of nitrogens with zero attached hydrogens (tertiary/aromatic N) is 1. The van der Waals surface area contributed by atoms with E-state index >= 15 is 0 Å². The van der Waals surface area contributed by atoms with Crippen LogP contribution in [0.25, 0.3) is 0 Å². The Morgan fingerprint density at radius 3 is 2.33 bits per heavy atom. The molecule has 1 saturated carbocycles. The quantitative estimate of drug-likeness (QED) is 0.843. The summed E-state index contributed by atoms with van der Waals surface area (Å²) in [5.74, 6) is -0.211. The number of carbonyl (C=O) groups is 1. The molecule has 0 saturated heterocycles. The topological polar surface area (TPSA) is 46.3 Å². The summed E-state index contributed by atoms with van der Waals surface area (Å²) in [5.41, 5.74) is 5.62. The number of amides is 1. The summed E-state index contributed by atoms with van der Waals surface area (Å²) in [6.07, 6.45) is 3.08. The number of hydrogen-bond donors (Lipinski definition) is 1. The number of carbonyl (C=O) groups excluding carboxylic acids is 1. The van der Waals surface area contributed by atoms with E-state index < -0.39 is 13.0 Å². The van der Waals surface area contributed by atoms with E-state index in [4.69, 9.17) is 5.73 Å². The highest BCUT2D eigenvalue weighted by atomic mass is 35.5. The van der Waals surface area contributed by atoms with Crippen LogP contribution in [-0.4, -0.2) is 37.4 Å². The predicted molar refractivity (Wildman–Crippen MR) is 70.1 cm³/mol. The van der Waals surface area contributed by atoms with Crippen LogP contribution in [0.2, 0.25) is 0 Å². The van der Waals surface area contributed by atoms with E-state index in [0.29, 0.717) is 13.0 Å². The van der Waals surface area contributed by atoms with Gasteiger partial charge in [-0.1, -0.05) is 19.3 Å². The van der Waals surface area contributed by atoms with Gasteiger partial charge in [0.2, 0.25) is 5.91 Å². The van der Waals surface area contributed by atoms with E-state index in [0.717, 1.165) is 30.6 Å². The Morgan fingerprint density at radius 2 is 1.89 bits per heavy atom. The van der Waals surface area contributed by atoms with E-state index in [1.165, 1.54) is 13.5 Å². The molecule has 18 heavy (non-hydrogen) atoms. The van der Waals surface area contributed by atoms with E-state index in [9.17, 15) is 13.6 Å². The first-order valence-electron chi connectivity index (χ1n) is 6.21. The first-order valence-corrected chi connectivity index (χ1v) is 6.21. The zero-order chi connectivity index (χ0) is 12.9. The highest BCUT2D eigenvalue weighted by Gasteiger charge is 2.34. The molecule has 0 unspecified atom stereocenters. The second-order valence-corrected chi connectivity index (χ2v) is 5.11. The molecule has 0 spiro atoms. The molecular weight excluding hydrogens is 262 g/mol. The summed E-state index contributed by atoms with van der Waals surface area (Å²) >= 11 is 0. The number of alkyl halides is 2. The van der Waals surface area contributed by atoms with Crippen LogP contribution in [0.15, 0.2) is 0 Å². The molecule has 1 aliphatic carbocycles. The average Bonchev–Trinajstić information content (AvgIpc) is 2.29. The van der Waals surface area contributed by atoms with Crippen molar-refractivity contribution in [3.8, 4) is 0 Å². The first-order chi connectivity index (χ1) is 7.99. The van der Waals surface area contributed by atoms with E-state index in [1.54, 1.807) is 0 Å². The summed E-state index contributed by atoms with van der Waals surface area (Å²) in [5, 5.41) is 0. The molecule has 0 aromatic rings. The lowest BCUT2D eigenvalue weighted by molar-refractivity contribution is -0.134. The average molecular weight is 285 g/mol. The summed E-state index contributed by atoms with van der Waals surface area (Å²) in [6.45, 7) is -0.0132. The third-order valence-corrected chi connectivity index (χ3v) is 3.71. The van der Waals surface area contributed by atoms with Gasteiger partial charge < -0.3 is 10.6 Å². The fourth-order valence-corrected chi connectivity index (χ4v) is 2.52. The van der Waals surface area contributed by atoms with Crippen LogP contribution < -0.4 is 5.73 Å². The van der Waals surface area contributed by atoms with Crippen LogP contribution in [0.3, 0.4) is 0 Å². The summed E-state index contributed by atoms with van der Waals surface area (Å²) in [4.78, 5) is 13.0. The Kier molecular flexibility index (Phi) is 7.71. The van der Waals surface area contributed by atoms with Gasteiger partial charge in [-0.05, 0) is 24.8 Å². The smallest absolute Gasteiger partial charge is 0.255 e. The second-order valence-electron chi connectivity index (χ2n) is 5.11. The zero-order valence-corrected chi connectivity index (χ0v) is 11.6. The predicted octanol–water partition coefficient (Wildman–Crippen LogP) is 2.43. The normalized spacial score (nSPS) is 18.3. The van der Waals surface area contributed by atoms with Gasteiger partial charge in [0.05, 0.1) is 6.54 Å². The monoisotopic (exact) mass is 284 g/mol. The molecule has 1 fully saturated rings. The molecule has 2 N–H and O–H groups in total. The molecule has 3 nitrogen and oxygen atoms in total. The Bertz CT molecular complexity index is 258. The number of nitrogens with two attached hydrogens (primary N) is 1. The summed E-state index contributed by atoms with van der Waals surface area (Å²) in [6, 6.07) is 0. The molecule has 0 heterocycles. The van der Waals surface area contributed by atoms with Crippen molar-refractivity contribution in [2.75, 3.05) is 20.1 Å². The highest BCUT2D eigenvalue weighted by molar-refractivity contribution is 5.85. The van der Waals surface area contributed by atoms with Gasteiger partial charge in [0.25, 0.3) is 6.43 Å². The fourth-order valence-electron chi connectivity index (χ4n) is 2.52. The van der Waals surface area contributed by atoms with Crippen molar-refractivity contribution in [3.05, 3.63) is 0 Å². The van der Waals surface area contributed by atoms with Gasteiger partial charge in [0, 0.05) is 13.5 Å². The van der Waals surface area contributed by atoms with Gasteiger partial charge in [-0.3, -0.25) is 4.79 Å². The van der Waals surface area contributed by atoms with Gasteiger partial charge in [0.1, 0.15) is 0 Å². The Morgan fingerprint density at radius 1 is 1.33 bits per heavy atom. The summed E-state index contributed by atoms with van der Waals surface area (Å²) in [7, 11) is 1.43. The van der Waals surface area contributed by atoms with Gasteiger partial charge in [0.15, 0.2) is 0 Å². The van der Waals surface area contributed by atoms with E-state index in [1.807, 2.05) is 0 Å². The van der Waals surface area contributed by atoms with Crippen LogP contribution in [0, 0.1) is 5.41 Å². The van der Waals surface area contributed by atoms with E-state index in [2.05, 4.69) is 0 Å². The molecule has 0 aliphatic heterocycles. The van der Waals surface area contributed by atoms with Crippen LogP contribution in [0.1, 0.15) is 38.5 Å². The van der Waals surface area contributed by atoms with Crippen LogP contribution in [-0.2, 0) is 4.79 Å². The van der Waals surface area contributed by atoms with Crippen molar-refractivity contribution < 1.29 is 13.6 Å². The Hall–Kier alpha value is -0.420. The molecule has 108 valence electrons. The number of halogens is 3. The lowest BCUT2D eigenvalue weighted by Gasteiger charge is -2.36. The minimum absolute atomic E-state index is 0. The molecule has 1 amide bonds. The second kappa shape index (κ2) is 7.89. The first kappa shape index (κ1) is 17.6. The SMILES string of the molecule is CN(CC(F)F)C(=O)CC1(CN)CCCCC1.Cl. The summed E-state index contributed by atoms with van der Waals surface area (Å²) < 4.78 is 24.4. The molecule has 1 aliphatic rings. The molecule has 1 rings (SSSR count). The minimum Gasteiger partial charge on any atom is -0.340 e. The largest absolute Gasteiger partial charge is 0.340 e. The standard InChI is InChI=1S/C12H22F2N2O.ClH/c1-16(8-10(13)14)11(17)7-12(9-15)5-3-2-4-6-12;/h10H,2-9,15H2,1H3;1H. The van der Waals surface area contributed by atoms with Crippen molar-refractivity contribution in [2.45, 2.75) is 45.0 Å². The molecule has 6 heteroatoms. The van der Waals surface area contributed by atoms with Gasteiger partial charge >= 0.3 is 0 Å². The van der Waals surface area contributed by atoms with Gasteiger partial charge in [-0.25, -0.2) is 8.78 Å². The maximum absolute atomic E-state index is 12.2. The molecule has 0 aromatic heterocycles.